The van der Waals surface area contributed by atoms with Crippen LogP contribution in [-0.2, 0) is 16.1 Å². The van der Waals surface area contributed by atoms with Crippen molar-refractivity contribution in [2.75, 3.05) is 19.9 Å². The van der Waals surface area contributed by atoms with Crippen molar-refractivity contribution < 1.29 is 28.2 Å². The minimum absolute atomic E-state index is 0.0613. The van der Waals surface area contributed by atoms with Crippen molar-refractivity contribution >= 4 is 11.6 Å². The Morgan fingerprint density at radius 1 is 1.13 bits per heavy atom. The molecule has 0 unspecified atom stereocenters. The second-order valence-electron chi connectivity index (χ2n) is 7.89. The van der Waals surface area contributed by atoms with Gasteiger partial charge in [0, 0.05) is 38.8 Å². The predicted molar refractivity (Wildman–Crippen MR) is 110 cm³/mol. The van der Waals surface area contributed by atoms with Gasteiger partial charge in [-0.25, -0.2) is 4.39 Å². The third-order valence-corrected chi connectivity index (χ3v) is 5.73. The Balaban J connectivity index is 1.11. The monoisotopic (exact) mass is 426 g/mol. The lowest BCUT2D eigenvalue weighted by atomic mass is 10.0. The van der Waals surface area contributed by atoms with Crippen LogP contribution in [0.25, 0.3) is 0 Å². The average molecular weight is 426 g/mol. The smallest absolute Gasteiger partial charge is 0.266 e. The summed E-state index contributed by atoms with van der Waals surface area (Å²) in [6.45, 7) is 1.34. The third kappa shape index (κ3) is 4.28. The number of hydrogen-bond acceptors (Lipinski definition) is 6. The molecule has 1 atom stereocenters. The lowest BCUT2D eigenvalue weighted by Crippen LogP contribution is -2.46. The zero-order valence-electron chi connectivity index (χ0n) is 17.0. The number of carbonyl (C=O) groups is 1. The summed E-state index contributed by atoms with van der Waals surface area (Å²) >= 11 is 0. The molecule has 162 valence electrons. The van der Waals surface area contributed by atoms with Gasteiger partial charge in [0.15, 0.2) is 23.1 Å². The molecule has 0 bridgehead atoms. The summed E-state index contributed by atoms with van der Waals surface area (Å²) in [6, 6.07) is 12.2. The SMILES string of the molecule is O=C([C@H]1CC(Cc2ccc3c(c2)OCO3)=NO1)N1CCC(Oc2ccccc2F)CC1. The number of para-hydroxylation sites is 1. The Labute approximate surface area is 179 Å². The van der Waals surface area contributed by atoms with Gasteiger partial charge >= 0.3 is 0 Å². The summed E-state index contributed by atoms with van der Waals surface area (Å²) in [5, 5.41) is 4.13. The van der Waals surface area contributed by atoms with Crippen LogP contribution in [0.15, 0.2) is 47.6 Å². The van der Waals surface area contributed by atoms with Crippen molar-refractivity contribution in [3.63, 3.8) is 0 Å². The maximum absolute atomic E-state index is 13.8. The number of rotatable bonds is 5. The lowest BCUT2D eigenvalue weighted by molar-refractivity contribution is -0.143. The summed E-state index contributed by atoms with van der Waals surface area (Å²) in [6.07, 6.45) is 1.67. The normalized spacial score (nSPS) is 20.4. The van der Waals surface area contributed by atoms with E-state index < -0.39 is 6.10 Å². The minimum Gasteiger partial charge on any atom is -0.487 e. The average Bonchev–Trinajstić information content (AvgIpc) is 3.45. The van der Waals surface area contributed by atoms with Crippen LogP contribution in [0.5, 0.6) is 17.2 Å². The molecule has 3 heterocycles. The molecule has 2 aromatic carbocycles. The molecule has 1 fully saturated rings. The number of nitrogens with zero attached hydrogens (tertiary/aromatic N) is 2. The van der Waals surface area contributed by atoms with Crippen LogP contribution in [0.4, 0.5) is 4.39 Å². The molecule has 0 saturated carbocycles. The maximum Gasteiger partial charge on any atom is 0.266 e. The van der Waals surface area contributed by atoms with Gasteiger partial charge in [-0.1, -0.05) is 23.4 Å². The van der Waals surface area contributed by atoms with Crippen LogP contribution in [0.2, 0.25) is 0 Å². The lowest BCUT2D eigenvalue weighted by Gasteiger charge is -2.33. The van der Waals surface area contributed by atoms with Crippen molar-refractivity contribution in [3.8, 4) is 17.2 Å². The van der Waals surface area contributed by atoms with Crippen LogP contribution in [0, 0.1) is 5.82 Å². The highest BCUT2D eigenvalue weighted by Crippen LogP contribution is 2.33. The molecule has 3 aliphatic heterocycles. The van der Waals surface area contributed by atoms with Crippen LogP contribution in [-0.4, -0.2) is 48.6 Å². The van der Waals surface area contributed by atoms with E-state index in [0.29, 0.717) is 38.8 Å². The Morgan fingerprint density at radius 2 is 1.94 bits per heavy atom. The number of likely N-dealkylation sites (tertiary alicyclic amines) is 1. The summed E-state index contributed by atoms with van der Waals surface area (Å²) in [5.41, 5.74) is 1.86. The number of hydrogen-bond donors (Lipinski definition) is 0. The first-order valence-corrected chi connectivity index (χ1v) is 10.5. The second-order valence-corrected chi connectivity index (χ2v) is 7.89. The molecule has 8 heteroatoms. The van der Waals surface area contributed by atoms with E-state index in [0.717, 1.165) is 22.8 Å². The number of benzene rings is 2. The fourth-order valence-corrected chi connectivity index (χ4v) is 4.07. The third-order valence-electron chi connectivity index (χ3n) is 5.73. The van der Waals surface area contributed by atoms with E-state index >= 15 is 0 Å². The van der Waals surface area contributed by atoms with E-state index in [1.807, 2.05) is 18.2 Å². The van der Waals surface area contributed by atoms with Crippen molar-refractivity contribution in [1.82, 2.24) is 4.90 Å². The number of ether oxygens (including phenoxy) is 3. The van der Waals surface area contributed by atoms with Crippen LogP contribution >= 0.6 is 0 Å². The minimum atomic E-state index is -0.590. The summed E-state index contributed by atoms with van der Waals surface area (Å²) in [5.74, 6) is 1.29. The van der Waals surface area contributed by atoms with Gasteiger partial charge in [0.05, 0.1) is 5.71 Å². The maximum atomic E-state index is 13.8. The molecule has 7 nitrogen and oxygen atoms in total. The van der Waals surface area contributed by atoms with Crippen LogP contribution in [0.3, 0.4) is 0 Å². The van der Waals surface area contributed by atoms with Crippen LogP contribution in [0.1, 0.15) is 24.8 Å². The summed E-state index contributed by atoms with van der Waals surface area (Å²) < 4.78 is 30.3. The van der Waals surface area contributed by atoms with Gasteiger partial charge in [0.2, 0.25) is 12.9 Å². The van der Waals surface area contributed by atoms with E-state index in [2.05, 4.69) is 5.16 Å². The molecule has 0 aromatic heterocycles. The predicted octanol–water partition coefficient (Wildman–Crippen LogP) is 3.31. The highest BCUT2D eigenvalue weighted by molar-refractivity contribution is 5.94. The first-order chi connectivity index (χ1) is 15.2. The Bertz CT molecular complexity index is 1000. The zero-order valence-corrected chi connectivity index (χ0v) is 17.0. The number of amides is 1. The van der Waals surface area contributed by atoms with Crippen molar-refractivity contribution in [1.29, 1.82) is 0 Å². The molecule has 1 saturated heterocycles. The Kier molecular flexibility index (Phi) is 5.36. The largest absolute Gasteiger partial charge is 0.487 e. The highest BCUT2D eigenvalue weighted by atomic mass is 19.1. The number of carbonyl (C=O) groups excluding carboxylic acids is 1. The topological polar surface area (TPSA) is 69.6 Å². The number of fused-ring (bicyclic) bond motifs is 1. The number of oxime groups is 1. The standard InChI is InChI=1S/C23H23FN2O5/c24-18-3-1-2-4-19(18)30-17-7-9-26(10-8-17)23(27)22-13-16(25-31-22)11-15-5-6-20-21(12-15)29-14-28-20/h1-6,12,17,22H,7-11,13-14H2/t22-/m1/s1. The Hall–Kier alpha value is -3.29. The summed E-state index contributed by atoms with van der Waals surface area (Å²) in [4.78, 5) is 20.1. The van der Waals surface area contributed by atoms with Gasteiger partial charge in [-0.05, 0) is 29.8 Å². The molecule has 0 spiro atoms. The Morgan fingerprint density at radius 3 is 2.77 bits per heavy atom. The molecule has 0 aliphatic carbocycles. The zero-order chi connectivity index (χ0) is 21.2. The number of halogens is 1. The van der Waals surface area contributed by atoms with E-state index in [4.69, 9.17) is 19.0 Å². The van der Waals surface area contributed by atoms with Gasteiger partial charge in [0.25, 0.3) is 5.91 Å². The van der Waals surface area contributed by atoms with E-state index in [-0.39, 0.29) is 30.4 Å². The first-order valence-electron chi connectivity index (χ1n) is 10.5. The first kappa shape index (κ1) is 19.7. The quantitative estimate of drug-likeness (QED) is 0.734. The van der Waals surface area contributed by atoms with E-state index in [1.54, 1.807) is 23.1 Å². The molecule has 0 N–H and O–H groups in total. The van der Waals surface area contributed by atoms with Crippen LogP contribution < -0.4 is 14.2 Å². The molecule has 2 aromatic rings. The van der Waals surface area contributed by atoms with Gasteiger partial charge in [0.1, 0.15) is 6.10 Å². The fourth-order valence-electron chi connectivity index (χ4n) is 4.07. The molecular weight excluding hydrogens is 403 g/mol. The van der Waals surface area contributed by atoms with E-state index in [1.165, 1.54) is 6.07 Å². The highest BCUT2D eigenvalue weighted by Gasteiger charge is 2.34. The van der Waals surface area contributed by atoms with Gasteiger partial charge in [-0.3, -0.25) is 4.79 Å². The number of piperidine rings is 1. The molecule has 3 aliphatic rings. The fraction of sp³-hybridized carbons (Fsp3) is 0.391. The molecule has 31 heavy (non-hydrogen) atoms. The second kappa shape index (κ2) is 8.45. The van der Waals surface area contributed by atoms with Crippen molar-refractivity contribution in [2.45, 2.75) is 37.9 Å². The molecule has 0 radical (unpaired) electrons. The van der Waals surface area contributed by atoms with Gasteiger partial charge in [-0.2, -0.15) is 0 Å². The molecule has 1 amide bonds. The molecule has 5 rings (SSSR count). The van der Waals surface area contributed by atoms with Gasteiger partial charge in [-0.15, -0.1) is 0 Å². The van der Waals surface area contributed by atoms with Gasteiger partial charge < -0.3 is 23.9 Å². The van der Waals surface area contributed by atoms with E-state index in [9.17, 15) is 9.18 Å². The summed E-state index contributed by atoms with van der Waals surface area (Å²) in [7, 11) is 0. The molecular formula is C23H23FN2O5. The van der Waals surface area contributed by atoms with Crippen molar-refractivity contribution in [2.24, 2.45) is 5.16 Å². The van der Waals surface area contributed by atoms with Crippen molar-refractivity contribution in [3.05, 3.63) is 53.8 Å².